The normalized spacial score (nSPS) is 12.4. The lowest BCUT2D eigenvalue weighted by atomic mass is 10.00. The number of hydrogen-bond acceptors (Lipinski definition) is 5. The number of carbonyl (C=O) groups is 1. The van der Waals surface area contributed by atoms with Crippen LogP contribution in [0.5, 0.6) is 0 Å². The van der Waals surface area contributed by atoms with E-state index in [0.717, 1.165) is 12.0 Å². The third-order valence-corrected chi connectivity index (χ3v) is 4.61. The number of thioether (sulfide) groups is 1. The minimum Gasteiger partial charge on any atom is -0.349 e. The zero-order valence-electron chi connectivity index (χ0n) is 14.6. The van der Waals surface area contributed by atoms with E-state index in [0.29, 0.717) is 16.9 Å². The van der Waals surface area contributed by atoms with Crippen LogP contribution in [0.15, 0.2) is 29.4 Å². The SMILES string of the molecule is Cc1nnc(SCC(=O)N[C@H](C)c2ccc(CC(C)C)cc2)n1N. The van der Waals surface area contributed by atoms with Crippen molar-refractivity contribution in [2.75, 3.05) is 11.6 Å². The summed E-state index contributed by atoms with van der Waals surface area (Å²) in [5, 5.41) is 11.3. The van der Waals surface area contributed by atoms with Crippen LogP contribution in [0.2, 0.25) is 0 Å². The number of carbonyl (C=O) groups excluding carboxylic acids is 1. The van der Waals surface area contributed by atoms with Crippen molar-refractivity contribution in [3.8, 4) is 0 Å². The van der Waals surface area contributed by atoms with Gasteiger partial charge >= 0.3 is 0 Å². The Bertz CT molecular complexity index is 681. The lowest BCUT2D eigenvalue weighted by molar-refractivity contribution is -0.119. The van der Waals surface area contributed by atoms with Gasteiger partial charge in [0.05, 0.1) is 11.8 Å². The van der Waals surface area contributed by atoms with Crippen LogP contribution in [0.1, 0.15) is 43.8 Å². The zero-order chi connectivity index (χ0) is 17.7. The van der Waals surface area contributed by atoms with Crippen LogP contribution in [-0.4, -0.2) is 26.5 Å². The molecule has 2 rings (SSSR count). The Kier molecular flexibility index (Phi) is 6.25. The monoisotopic (exact) mass is 347 g/mol. The van der Waals surface area contributed by atoms with Crippen LogP contribution in [0, 0.1) is 12.8 Å². The lowest BCUT2D eigenvalue weighted by Gasteiger charge is -2.15. The maximum absolute atomic E-state index is 12.1. The van der Waals surface area contributed by atoms with Crippen molar-refractivity contribution < 1.29 is 4.79 Å². The second-order valence-electron chi connectivity index (χ2n) is 6.32. The van der Waals surface area contributed by atoms with Gasteiger partial charge in [-0.05, 0) is 37.3 Å². The average molecular weight is 347 g/mol. The number of amides is 1. The largest absolute Gasteiger partial charge is 0.349 e. The molecule has 0 spiro atoms. The van der Waals surface area contributed by atoms with Crippen molar-refractivity contribution in [1.82, 2.24) is 20.2 Å². The molecule has 0 radical (unpaired) electrons. The first-order chi connectivity index (χ1) is 11.4. The Morgan fingerprint density at radius 1 is 1.25 bits per heavy atom. The van der Waals surface area contributed by atoms with E-state index in [4.69, 9.17) is 5.84 Å². The molecule has 0 bridgehead atoms. The molecule has 1 aromatic heterocycles. The maximum Gasteiger partial charge on any atom is 0.230 e. The number of nitrogens with two attached hydrogens (primary N) is 1. The van der Waals surface area contributed by atoms with Gasteiger partial charge in [-0.2, -0.15) is 0 Å². The number of nitrogen functional groups attached to an aromatic ring is 1. The molecule has 3 N–H and O–H groups in total. The van der Waals surface area contributed by atoms with Crippen LogP contribution in [0.4, 0.5) is 0 Å². The molecule has 0 unspecified atom stereocenters. The summed E-state index contributed by atoms with van der Waals surface area (Å²) in [6, 6.07) is 8.38. The second-order valence-corrected chi connectivity index (χ2v) is 7.26. The average Bonchev–Trinajstić information content (AvgIpc) is 2.84. The molecule has 0 saturated carbocycles. The van der Waals surface area contributed by atoms with Gasteiger partial charge in [-0.3, -0.25) is 4.79 Å². The van der Waals surface area contributed by atoms with E-state index in [-0.39, 0.29) is 17.7 Å². The van der Waals surface area contributed by atoms with Crippen LogP contribution < -0.4 is 11.2 Å². The van der Waals surface area contributed by atoms with Crippen molar-refractivity contribution in [3.63, 3.8) is 0 Å². The molecule has 1 atom stereocenters. The Morgan fingerprint density at radius 3 is 2.46 bits per heavy atom. The highest BCUT2D eigenvalue weighted by Gasteiger charge is 2.13. The lowest BCUT2D eigenvalue weighted by Crippen LogP contribution is -2.28. The van der Waals surface area contributed by atoms with Crippen molar-refractivity contribution in [1.29, 1.82) is 0 Å². The third kappa shape index (κ3) is 4.99. The molecule has 2 aromatic rings. The molecule has 24 heavy (non-hydrogen) atoms. The molecule has 130 valence electrons. The standard InChI is InChI=1S/C17H25N5OS/c1-11(2)9-14-5-7-15(8-6-14)12(3)19-16(23)10-24-17-21-20-13(4)22(17)18/h5-8,11-12H,9-10,18H2,1-4H3,(H,19,23)/t12-/m1/s1. The number of aromatic nitrogens is 3. The fraction of sp³-hybridized carbons (Fsp3) is 0.471. The smallest absolute Gasteiger partial charge is 0.230 e. The van der Waals surface area contributed by atoms with E-state index in [1.165, 1.54) is 22.0 Å². The Morgan fingerprint density at radius 2 is 1.92 bits per heavy atom. The molecule has 0 aliphatic carbocycles. The van der Waals surface area contributed by atoms with Gasteiger partial charge in [0.1, 0.15) is 5.82 Å². The Hall–Kier alpha value is -2.02. The van der Waals surface area contributed by atoms with Gasteiger partial charge in [-0.15, -0.1) is 10.2 Å². The van der Waals surface area contributed by atoms with E-state index in [1.807, 2.05) is 6.92 Å². The number of rotatable bonds is 7. The third-order valence-electron chi connectivity index (χ3n) is 3.67. The van der Waals surface area contributed by atoms with Crippen LogP contribution >= 0.6 is 11.8 Å². The summed E-state index contributed by atoms with van der Waals surface area (Å²) < 4.78 is 1.38. The molecule has 0 fully saturated rings. The Balaban J connectivity index is 1.85. The predicted molar refractivity (Wildman–Crippen MR) is 97.2 cm³/mol. The summed E-state index contributed by atoms with van der Waals surface area (Å²) in [6.07, 6.45) is 1.07. The van der Waals surface area contributed by atoms with Crippen molar-refractivity contribution in [2.45, 2.75) is 45.3 Å². The highest BCUT2D eigenvalue weighted by atomic mass is 32.2. The number of aryl methyl sites for hydroxylation is 1. The minimum absolute atomic E-state index is 0.0383. The molecular formula is C17H25N5OS. The van der Waals surface area contributed by atoms with Crippen molar-refractivity contribution in [3.05, 3.63) is 41.2 Å². The topological polar surface area (TPSA) is 85.8 Å². The molecular weight excluding hydrogens is 322 g/mol. The summed E-state index contributed by atoms with van der Waals surface area (Å²) in [7, 11) is 0. The first-order valence-electron chi connectivity index (χ1n) is 8.05. The quantitative estimate of drug-likeness (QED) is 0.593. The van der Waals surface area contributed by atoms with E-state index in [1.54, 1.807) is 6.92 Å². The van der Waals surface area contributed by atoms with Gasteiger partial charge in [0.15, 0.2) is 0 Å². The minimum atomic E-state index is -0.0561. The molecule has 1 amide bonds. The molecule has 0 aliphatic heterocycles. The molecule has 7 heteroatoms. The summed E-state index contributed by atoms with van der Waals surface area (Å²) in [5.74, 6) is 7.22. The summed E-state index contributed by atoms with van der Waals surface area (Å²) in [5.41, 5.74) is 2.42. The predicted octanol–water partition coefficient (Wildman–Crippen LogP) is 2.47. The van der Waals surface area contributed by atoms with E-state index < -0.39 is 0 Å². The molecule has 1 heterocycles. The van der Waals surface area contributed by atoms with Gasteiger partial charge in [-0.25, -0.2) is 4.68 Å². The second kappa shape index (κ2) is 8.19. The Labute approximate surface area is 147 Å². The number of hydrogen-bond donors (Lipinski definition) is 2. The molecule has 0 saturated heterocycles. The van der Waals surface area contributed by atoms with Crippen molar-refractivity contribution in [2.24, 2.45) is 5.92 Å². The van der Waals surface area contributed by atoms with Gasteiger partial charge in [0, 0.05) is 0 Å². The molecule has 1 aromatic carbocycles. The maximum atomic E-state index is 12.1. The van der Waals surface area contributed by atoms with E-state index >= 15 is 0 Å². The van der Waals surface area contributed by atoms with Gasteiger partial charge in [0.25, 0.3) is 0 Å². The highest BCUT2D eigenvalue weighted by Crippen LogP contribution is 2.17. The van der Waals surface area contributed by atoms with Crippen molar-refractivity contribution >= 4 is 17.7 Å². The summed E-state index contributed by atoms with van der Waals surface area (Å²) in [4.78, 5) is 12.1. The van der Waals surface area contributed by atoms with E-state index in [2.05, 4.69) is 53.6 Å². The first kappa shape index (κ1) is 18.3. The highest BCUT2D eigenvalue weighted by molar-refractivity contribution is 7.99. The van der Waals surface area contributed by atoms with Crippen LogP contribution in [0.25, 0.3) is 0 Å². The van der Waals surface area contributed by atoms with Crippen LogP contribution in [-0.2, 0) is 11.2 Å². The fourth-order valence-electron chi connectivity index (χ4n) is 2.36. The number of nitrogens with zero attached hydrogens (tertiary/aromatic N) is 3. The summed E-state index contributed by atoms with van der Waals surface area (Å²) in [6.45, 7) is 8.16. The molecule has 0 aliphatic rings. The fourth-order valence-corrected chi connectivity index (χ4v) is 3.07. The van der Waals surface area contributed by atoms with Crippen LogP contribution in [0.3, 0.4) is 0 Å². The summed E-state index contributed by atoms with van der Waals surface area (Å²) >= 11 is 1.27. The molecule has 6 nitrogen and oxygen atoms in total. The number of benzene rings is 1. The van der Waals surface area contributed by atoms with E-state index in [9.17, 15) is 4.79 Å². The van der Waals surface area contributed by atoms with Gasteiger partial charge in [-0.1, -0.05) is 49.9 Å². The first-order valence-corrected chi connectivity index (χ1v) is 9.03. The van der Waals surface area contributed by atoms with Gasteiger partial charge in [0.2, 0.25) is 11.1 Å². The zero-order valence-corrected chi connectivity index (χ0v) is 15.4. The van der Waals surface area contributed by atoms with Gasteiger partial charge < -0.3 is 11.2 Å². The number of nitrogens with one attached hydrogen (secondary N) is 1.